The molecule has 0 unspecified atom stereocenters. The molecule has 0 amide bonds. The van der Waals surface area contributed by atoms with Crippen LogP contribution in [-0.4, -0.2) is 13.7 Å². The van der Waals surface area contributed by atoms with E-state index in [0.29, 0.717) is 6.07 Å². The molecule has 6 heteroatoms. The van der Waals surface area contributed by atoms with Crippen molar-refractivity contribution in [3.8, 4) is 0 Å². The van der Waals surface area contributed by atoms with Crippen molar-refractivity contribution in [1.29, 1.82) is 0 Å². The van der Waals surface area contributed by atoms with Crippen LogP contribution in [0.4, 0.5) is 17.6 Å². The third-order valence-corrected chi connectivity index (χ3v) is 2.08. The van der Waals surface area contributed by atoms with Crippen LogP contribution in [0.25, 0.3) is 0 Å². The molecular weight excluding hydrogens is 226 g/mol. The van der Waals surface area contributed by atoms with Gasteiger partial charge in [0.05, 0.1) is 18.2 Å². The number of methoxy groups -OCH3 is 1. The number of alkyl halides is 3. The molecule has 0 aliphatic carbocycles. The van der Waals surface area contributed by atoms with Crippen LogP contribution >= 0.6 is 0 Å². The highest BCUT2D eigenvalue weighted by Crippen LogP contribution is 2.33. The van der Waals surface area contributed by atoms with Crippen molar-refractivity contribution in [2.45, 2.75) is 12.2 Å². The molecule has 0 heterocycles. The van der Waals surface area contributed by atoms with Gasteiger partial charge in [0, 0.05) is 12.7 Å². The maximum Gasteiger partial charge on any atom is 0.419 e. The average molecular weight is 237 g/mol. The summed E-state index contributed by atoms with van der Waals surface area (Å²) in [5, 5.41) is 0. The van der Waals surface area contributed by atoms with Gasteiger partial charge in [0.1, 0.15) is 5.82 Å². The number of ether oxygens (including phenoxy) is 1. The van der Waals surface area contributed by atoms with Gasteiger partial charge in [0.15, 0.2) is 0 Å². The molecule has 1 rings (SSSR count). The Hall–Kier alpha value is -1.14. The molecule has 1 aromatic carbocycles. The summed E-state index contributed by atoms with van der Waals surface area (Å²) >= 11 is 0. The minimum Gasteiger partial charge on any atom is -0.383 e. The van der Waals surface area contributed by atoms with E-state index in [9.17, 15) is 17.6 Å². The zero-order valence-corrected chi connectivity index (χ0v) is 8.51. The monoisotopic (exact) mass is 237 g/mol. The summed E-state index contributed by atoms with van der Waals surface area (Å²) in [4.78, 5) is 0. The van der Waals surface area contributed by atoms with E-state index < -0.39 is 23.6 Å². The molecule has 0 aliphatic heterocycles. The number of nitrogens with two attached hydrogens (primary N) is 1. The van der Waals surface area contributed by atoms with Crippen LogP contribution in [0, 0.1) is 5.82 Å². The van der Waals surface area contributed by atoms with Gasteiger partial charge >= 0.3 is 6.18 Å². The van der Waals surface area contributed by atoms with Gasteiger partial charge in [-0.15, -0.1) is 0 Å². The first-order valence-electron chi connectivity index (χ1n) is 4.48. The second-order valence-electron chi connectivity index (χ2n) is 3.27. The summed E-state index contributed by atoms with van der Waals surface area (Å²) in [5.41, 5.74) is 3.98. The molecule has 0 saturated carbocycles. The topological polar surface area (TPSA) is 35.2 Å². The molecule has 0 spiro atoms. The minimum absolute atomic E-state index is 0.0434. The van der Waals surface area contributed by atoms with Gasteiger partial charge in [-0.2, -0.15) is 13.2 Å². The van der Waals surface area contributed by atoms with Crippen LogP contribution in [0.1, 0.15) is 17.2 Å². The maximum absolute atomic E-state index is 13.5. The zero-order chi connectivity index (χ0) is 12.3. The van der Waals surface area contributed by atoms with Crippen LogP contribution in [0.5, 0.6) is 0 Å². The maximum atomic E-state index is 13.5. The molecule has 0 saturated heterocycles. The lowest BCUT2D eigenvalue weighted by atomic mass is 10.0. The van der Waals surface area contributed by atoms with Gasteiger partial charge in [-0.1, -0.05) is 12.1 Å². The minimum atomic E-state index is -4.72. The highest BCUT2D eigenvalue weighted by molar-refractivity contribution is 5.30. The highest BCUT2D eigenvalue weighted by Gasteiger charge is 2.35. The van der Waals surface area contributed by atoms with E-state index in [4.69, 9.17) is 5.73 Å². The first-order valence-corrected chi connectivity index (χ1v) is 4.48. The van der Waals surface area contributed by atoms with Crippen molar-refractivity contribution in [1.82, 2.24) is 0 Å². The largest absolute Gasteiger partial charge is 0.419 e. The molecule has 90 valence electrons. The van der Waals surface area contributed by atoms with Crippen molar-refractivity contribution in [3.63, 3.8) is 0 Å². The fourth-order valence-corrected chi connectivity index (χ4v) is 1.32. The predicted octanol–water partition coefficient (Wildman–Crippen LogP) is 2.49. The lowest BCUT2D eigenvalue weighted by Gasteiger charge is -2.15. The van der Waals surface area contributed by atoms with Gasteiger partial charge in [-0.05, 0) is 6.07 Å². The molecule has 2 nitrogen and oxygen atoms in total. The van der Waals surface area contributed by atoms with Gasteiger partial charge in [0.25, 0.3) is 0 Å². The van der Waals surface area contributed by atoms with Gasteiger partial charge in [-0.3, -0.25) is 0 Å². The summed E-state index contributed by atoms with van der Waals surface area (Å²) in [6.45, 7) is -0.0434. The molecule has 0 aromatic heterocycles. The molecule has 2 N–H and O–H groups in total. The third-order valence-electron chi connectivity index (χ3n) is 2.08. The van der Waals surface area contributed by atoms with E-state index >= 15 is 0 Å². The molecule has 0 aliphatic rings. The fourth-order valence-electron chi connectivity index (χ4n) is 1.32. The Morgan fingerprint density at radius 2 is 2.00 bits per heavy atom. The molecule has 16 heavy (non-hydrogen) atoms. The Kier molecular flexibility index (Phi) is 3.88. The molecule has 1 atom stereocenters. The summed E-state index contributed by atoms with van der Waals surface area (Å²) in [6.07, 6.45) is -4.72. The number of hydrogen-bond acceptors (Lipinski definition) is 2. The molecule has 1 aromatic rings. The van der Waals surface area contributed by atoms with E-state index in [1.807, 2.05) is 0 Å². The predicted molar refractivity (Wildman–Crippen MR) is 50.2 cm³/mol. The fraction of sp³-hybridized carbons (Fsp3) is 0.400. The average Bonchev–Trinajstić information content (AvgIpc) is 2.16. The number of benzene rings is 1. The summed E-state index contributed by atoms with van der Waals surface area (Å²) in [5.74, 6) is -1.33. The number of hydrogen-bond donors (Lipinski definition) is 1. The normalized spacial score (nSPS) is 13.9. The Morgan fingerprint density at radius 3 is 2.50 bits per heavy atom. The Morgan fingerprint density at radius 1 is 1.38 bits per heavy atom. The molecule has 0 bridgehead atoms. The first kappa shape index (κ1) is 12.9. The van der Waals surface area contributed by atoms with E-state index in [2.05, 4.69) is 4.74 Å². The lowest BCUT2D eigenvalue weighted by molar-refractivity contribution is -0.140. The van der Waals surface area contributed by atoms with Gasteiger partial charge < -0.3 is 10.5 Å². The van der Waals surface area contributed by atoms with Gasteiger partial charge in [-0.25, -0.2) is 4.39 Å². The van der Waals surface area contributed by atoms with Crippen LogP contribution in [0.3, 0.4) is 0 Å². The van der Waals surface area contributed by atoms with Crippen LogP contribution in [0.15, 0.2) is 18.2 Å². The molecule has 0 fully saturated rings. The van der Waals surface area contributed by atoms with E-state index in [1.165, 1.54) is 13.2 Å². The third kappa shape index (κ3) is 2.70. The van der Waals surface area contributed by atoms with Crippen molar-refractivity contribution in [2.24, 2.45) is 5.73 Å². The Balaban J connectivity index is 3.14. The quantitative estimate of drug-likeness (QED) is 0.820. The Bertz CT molecular complexity index is 364. The van der Waals surface area contributed by atoms with E-state index in [0.717, 1.165) is 6.07 Å². The van der Waals surface area contributed by atoms with Crippen molar-refractivity contribution in [3.05, 3.63) is 35.1 Å². The van der Waals surface area contributed by atoms with Crippen LogP contribution < -0.4 is 5.73 Å². The van der Waals surface area contributed by atoms with Crippen LogP contribution in [0.2, 0.25) is 0 Å². The van der Waals surface area contributed by atoms with Crippen molar-refractivity contribution < 1.29 is 22.3 Å². The number of rotatable bonds is 3. The molecule has 0 radical (unpaired) electrons. The zero-order valence-electron chi connectivity index (χ0n) is 8.51. The first-order chi connectivity index (χ1) is 7.38. The van der Waals surface area contributed by atoms with Crippen molar-refractivity contribution >= 4 is 0 Å². The summed E-state index contributed by atoms with van der Waals surface area (Å²) in [6, 6.07) is 2.11. The molecular formula is C10H11F4NO. The summed E-state index contributed by atoms with van der Waals surface area (Å²) in [7, 11) is 1.34. The SMILES string of the molecule is COC[C@@H](N)c1cccc(C(F)(F)F)c1F. The van der Waals surface area contributed by atoms with Crippen molar-refractivity contribution in [2.75, 3.05) is 13.7 Å². The second-order valence-corrected chi connectivity index (χ2v) is 3.27. The second kappa shape index (κ2) is 4.80. The number of halogens is 4. The highest BCUT2D eigenvalue weighted by atomic mass is 19.4. The standard InChI is InChI=1S/C10H11F4NO/c1-16-5-8(15)6-3-2-4-7(9(6)11)10(12,13)14/h2-4,8H,5,15H2,1H3/t8-/m1/s1. The van der Waals surface area contributed by atoms with Gasteiger partial charge in [0.2, 0.25) is 0 Å². The summed E-state index contributed by atoms with van der Waals surface area (Å²) < 4.78 is 55.3. The Labute approximate surface area is 90.0 Å². The van der Waals surface area contributed by atoms with E-state index in [1.54, 1.807) is 0 Å². The smallest absolute Gasteiger partial charge is 0.383 e. The van der Waals surface area contributed by atoms with Crippen LogP contribution in [-0.2, 0) is 10.9 Å². The lowest BCUT2D eigenvalue weighted by Crippen LogP contribution is -2.20. The van der Waals surface area contributed by atoms with E-state index in [-0.39, 0.29) is 12.2 Å².